The van der Waals surface area contributed by atoms with E-state index in [0.717, 1.165) is 6.04 Å². The fourth-order valence-corrected chi connectivity index (χ4v) is 11.9. The summed E-state index contributed by atoms with van der Waals surface area (Å²) in [5, 5.41) is -0.0168. The minimum Gasteiger partial charge on any atom is -0.518 e. The number of hydrogen-bond acceptors (Lipinski definition) is 3. The maximum absolute atomic E-state index is 12.8. The van der Waals surface area contributed by atoms with Crippen LogP contribution < -0.4 is 0 Å². The molecule has 0 aliphatic heterocycles. The molecule has 0 saturated heterocycles. The van der Waals surface area contributed by atoms with Gasteiger partial charge in [0, 0.05) is 6.10 Å². The molecule has 5 heteroatoms. The first-order chi connectivity index (χ1) is 10.2. The lowest BCUT2D eigenvalue weighted by atomic mass is 10.2. The van der Waals surface area contributed by atoms with Gasteiger partial charge in [0.05, 0.1) is 5.92 Å². The first-order valence-electron chi connectivity index (χ1n) is 8.78. The lowest BCUT2D eigenvalue weighted by molar-refractivity contribution is -0.139. The van der Waals surface area contributed by atoms with Crippen molar-refractivity contribution in [3.05, 3.63) is 0 Å². The Kier molecular flexibility index (Phi) is 8.25. The number of carbonyl (C=O) groups is 1. The fraction of sp³-hybridized carbons (Fsp3) is 0.944. The van der Waals surface area contributed by atoms with Gasteiger partial charge in [-0.2, -0.15) is 0 Å². The van der Waals surface area contributed by atoms with Crippen molar-refractivity contribution in [2.75, 3.05) is 0 Å². The van der Waals surface area contributed by atoms with E-state index in [9.17, 15) is 4.79 Å². The van der Waals surface area contributed by atoms with Gasteiger partial charge in [-0.1, -0.05) is 62.3 Å². The summed E-state index contributed by atoms with van der Waals surface area (Å²) >= 11 is 0. The van der Waals surface area contributed by atoms with Crippen LogP contribution in [0.1, 0.15) is 76.2 Å². The van der Waals surface area contributed by atoms with E-state index in [-0.39, 0.29) is 28.1 Å². The molecule has 0 N–H and O–H groups in total. The van der Waals surface area contributed by atoms with Crippen LogP contribution in [0.2, 0.25) is 21.7 Å². The van der Waals surface area contributed by atoms with Crippen molar-refractivity contribution < 1.29 is 13.6 Å². The van der Waals surface area contributed by atoms with Crippen molar-refractivity contribution in [2.24, 2.45) is 5.92 Å². The van der Waals surface area contributed by atoms with Crippen molar-refractivity contribution in [2.45, 2.75) is 104 Å². The van der Waals surface area contributed by atoms with E-state index in [4.69, 9.17) is 8.85 Å². The van der Waals surface area contributed by atoms with Gasteiger partial charge in [-0.05, 0) is 35.5 Å². The average molecular weight is 359 g/mol. The van der Waals surface area contributed by atoms with Crippen LogP contribution in [-0.4, -0.2) is 30.2 Å². The second-order valence-corrected chi connectivity index (χ2v) is 16.0. The Labute approximate surface area is 148 Å². The van der Waals surface area contributed by atoms with Gasteiger partial charge in [-0.3, -0.25) is 4.79 Å². The molecule has 2 radical (unpaired) electrons. The Morgan fingerprint density at radius 2 is 1.39 bits per heavy atom. The van der Waals surface area contributed by atoms with Crippen LogP contribution in [0.3, 0.4) is 0 Å². The third kappa shape index (κ3) is 5.71. The van der Waals surface area contributed by atoms with Crippen LogP contribution in [0.15, 0.2) is 0 Å². The summed E-state index contributed by atoms with van der Waals surface area (Å²) < 4.78 is 12.0. The topological polar surface area (TPSA) is 35.5 Å². The van der Waals surface area contributed by atoms with Gasteiger partial charge in [0.25, 0.3) is 14.3 Å². The van der Waals surface area contributed by atoms with Gasteiger partial charge in [-0.15, -0.1) is 0 Å². The zero-order valence-electron chi connectivity index (χ0n) is 17.2. The van der Waals surface area contributed by atoms with Gasteiger partial charge in [0.2, 0.25) is 9.76 Å². The molecule has 0 saturated carbocycles. The summed E-state index contributed by atoms with van der Waals surface area (Å²) in [5.41, 5.74) is 0.369. The van der Waals surface area contributed by atoms with Crippen LogP contribution in [-0.2, 0) is 13.6 Å². The summed E-state index contributed by atoms with van der Waals surface area (Å²) in [5.74, 6) is -0.155. The van der Waals surface area contributed by atoms with Crippen LogP contribution in [0, 0.1) is 5.92 Å². The van der Waals surface area contributed by atoms with E-state index in [0.29, 0.717) is 15.3 Å². The Bertz CT molecular complexity index is 365. The predicted molar refractivity (Wildman–Crippen MR) is 102 cm³/mol. The van der Waals surface area contributed by atoms with Crippen molar-refractivity contribution in [3.8, 4) is 0 Å². The van der Waals surface area contributed by atoms with E-state index >= 15 is 0 Å². The largest absolute Gasteiger partial charge is 0.518 e. The molecule has 0 aliphatic rings. The summed E-state index contributed by atoms with van der Waals surface area (Å²) in [7, 11) is -2.00. The maximum atomic E-state index is 12.8. The van der Waals surface area contributed by atoms with Gasteiger partial charge in [-0.25, -0.2) is 0 Å². The fourth-order valence-electron chi connectivity index (χ4n) is 3.96. The second kappa shape index (κ2) is 8.30. The molecule has 3 nitrogen and oxygen atoms in total. The molecule has 0 aromatic carbocycles. The van der Waals surface area contributed by atoms with Crippen molar-refractivity contribution in [3.63, 3.8) is 0 Å². The normalized spacial score (nSPS) is 15.2. The van der Waals surface area contributed by atoms with Gasteiger partial charge in [0.15, 0.2) is 0 Å². The second-order valence-electron chi connectivity index (χ2n) is 9.23. The third-order valence-electron chi connectivity index (χ3n) is 4.41. The maximum Gasteiger partial charge on any atom is 0.295 e. The molecular weight excluding hydrogens is 320 g/mol. The van der Waals surface area contributed by atoms with Gasteiger partial charge < -0.3 is 8.85 Å². The number of carbonyl (C=O) groups excluding carboxylic acids is 1. The Balaban J connectivity index is 5.29. The lowest BCUT2D eigenvalue weighted by Crippen LogP contribution is -2.58. The highest BCUT2D eigenvalue weighted by molar-refractivity contribution is 6.81. The van der Waals surface area contributed by atoms with Gasteiger partial charge >= 0.3 is 0 Å². The highest BCUT2D eigenvalue weighted by Crippen LogP contribution is 2.57. The molecule has 0 spiro atoms. The Hall–Kier alpha value is -0.136. The van der Waals surface area contributed by atoms with E-state index in [1.807, 2.05) is 20.8 Å². The van der Waals surface area contributed by atoms with Crippen LogP contribution in [0.25, 0.3) is 0 Å². The summed E-state index contributed by atoms with van der Waals surface area (Å²) in [6.45, 7) is 23.8. The van der Waals surface area contributed by atoms with Crippen LogP contribution >= 0.6 is 0 Å². The lowest BCUT2D eigenvalue weighted by Gasteiger charge is -2.52. The molecule has 0 rings (SSSR count). The smallest absolute Gasteiger partial charge is 0.295 e. The van der Waals surface area contributed by atoms with E-state index in [1.165, 1.54) is 0 Å². The third-order valence-corrected chi connectivity index (χ3v) is 12.4. The molecule has 0 heterocycles. The zero-order chi connectivity index (χ0) is 18.6. The summed E-state index contributed by atoms with van der Waals surface area (Å²) in [6, 6.07) is 0.744. The molecule has 23 heavy (non-hydrogen) atoms. The predicted octanol–water partition coefficient (Wildman–Crippen LogP) is 5.58. The molecule has 0 aliphatic carbocycles. The molecule has 136 valence electrons. The molecule has 0 aromatic heterocycles. The first kappa shape index (κ1) is 22.9. The molecule has 0 fully saturated rings. The Morgan fingerprint density at radius 1 is 0.957 bits per heavy atom. The van der Waals surface area contributed by atoms with E-state index in [2.05, 4.69) is 55.4 Å². The van der Waals surface area contributed by atoms with Crippen molar-refractivity contribution in [1.29, 1.82) is 0 Å². The van der Waals surface area contributed by atoms with Crippen molar-refractivity contribution in [1.82, 2.24) is 0 Å². The molecule has 1 unspecified atom stereocenters. The highest BCUT2D eigenvalue weighted by Gasteiger charge is 2.60. The van der Waals surface area contributed by atoms with Crippen molar-refractivity contribution >= 4 is 24.0 Å². The summed E-state index contributed by atoms with van der Waals surface area (Å²) in [4.78, 5) is 12.8. The van der Waals surface area contributed by atoms with Gasteiger partial charge in [0.1, 0.15) is 0 Å². The van der Waals surface area contributed by atoms with E-state index in [1.54, 1.807) is 0 Å². The minimum atomic E-state index is -2.35. The number of rotatable bonds is 7. The standard InChI is InChI=1S/C18H38O3Si2/c1-13(2)20-22-12-15(5)16(19)21-23(14(3)4,17(6,7)8)18(9,10)11/h13-15H,12H2,1-11H3. The molecule has 0 amide bonds. The molecular formula is C18H38O3Si2. The molecule has 0 bridgehead atoms. The number of hydrogen-bond donors (Lipinski definition) is 0. The van der Waals surface area contributed by atoms with Crippen LogP contribution in [0.4, 0.5) is 0 Å². The highest BCUT2D eigenvalue weighted by atomic mass is 28.4. The van der Waals surface area contributed by atoms with E-state index < -0.39 is 8.32 Å². The SMILES string of the molecule is CC(C)O[Si]CC(C)C(=O)O[Si](C(C)C)(C(C)(C)C)C(C)(C)C. The monoisotopic (exact) mass is 358 g/mol. The minimum absolute atomic E-state index is 0.00842. The quantitative estimate of drug-likeness (QED) is 0.557. The first-order valence-corrected chi connectivity index (χ1v) is 11.9. The average Bonchev–Trinajstić information content (AvgIpc) is 2.31. The Morgan fingerprint density at radius 3 is 1.70 bits per heavy atom. The summed E-state index contributed by atoms with van der Waals surface area (Å²) in [6.07, 6.45) is 0.213. The van der Waals surface area contributed by atoms with Crippen LogP contribution in [0.5, 0.6) is 0 Å². The molecule has 0 aromatic rings. The zero-order valence-corrected chi connectivity index (χ0v) is 19.2. The molecule has 1 atom stereocenters.